The number of aromatic nitrogens is 2. The van der Waals surface area contributed by atoms with Gasteiger partial charge in [0.2, 0.25) is 5.91 Å². The molecule has 18 heavy (non-hydrogen) atoms. The van der Waals surface area contributed by atoms with Crippen molar-refractivity contribution in [2.24, 2.45) is 0 Å². The number of amides is 1. The van der Waals surface area contributed by atoms with Gasteiger partial charge in [0.25, 0.3) is 0 Å². The lowest BCUT2D eigenvalue weighted by Gasteiger charge is -2.24. The van der Waals surface area contributed by atoms with E-state index in [1.807, 2.05) is 6.92 Å². The van der Waals surface area contributed by atoms with Crippen molar-refractivity contribution in [2.45, 2.75) is 13.5 Å². The van der Waals surface area contributed by atoms with Crippen molar-refractivity contribution in [3.05, 3.63) is 17.0 Å². The SMILES string of the molecule is CCN(CC(=O)N(C)C)c1ncnc(Cl)c1CO. The van der Waals surface area contributed by atoms with E-state index in [0.29, 0.717) is 17.9 Å². The van der Waals surface area contributed by atoms with Crippen molar-refractivity contribution in [1.29, 1.82) is 0 Å². The van der Waals surface area contributed by atoms with Crippen LogP contribution in [0.2, 0.25) is 5.15 Å². The summed E-state index contributed by atoms with van der Waals surface area (Å²) >= 11 is 5.90. The number of hydrogen-bond donors (Lipinski definition) is 1. The Bertz CT molecular complexity index is 426. The number of anilines is 1. The lowest BCUT2D eigenvalue weighted by atomic mass is 10.3. The minimum Gasteiger partial charge on any atom is -0.391 e. The maximum Gasteiger partial charge on any atom is 0.241 e. The Hall–Kier alpha value is -1.40. The van der Waals surface area contributed by atoms with Gasteiger partial charge >= 0.3 is 0 Å². The third-order valence-corrected chi connectivity index (χ3v) is 2.86. The molecule has 7 heteroatoms. The van der Waals surface area contributed by atoms with Crippen LogP contribution in [0.5, 0.6) is 0 Å². The molecular formula is C11H17ClN4O2. The fourth-order valence-corrected chi connectivity index (χ4v) is 1.62. The minimum atomic E-state index is -0.262. The molecule has 1 aromatic heterocycles. The molecule has 6 nitrogen and oxygen atoms in total. The molecule has 0 aliphatic carbocycles. The normalized spacial score (nSPS) is 10.3. The zero-order valence-electron chi connectivity index (χ0n) is 10.7. The van der Waals surface area contributed by atoms with Crippen LogP contribution in [0.4, 0.5) is 5.82 Å². The molecule has 1 N–H and O–H groups in total. The number of likely N-dealkylation sites (N-methyl/N-ethyl adjacent to an activating group) is 2. The van der Waals surface area contributed by atoms with Gasteiger partial charge in [0.15, 0.2) is 0 Å². The van der Waals surface area contributed by atoms with E-state index in [-0.39, 0.29) is 24.2 Å². The van der Waals surface area contributed by atoms with E-state index in [4.69, 9.17) is 11.6 Å². The Morgan fingerprint density at radius 2 is 2.11 bits per heavy atom. The molecule has 1 aromatic rings. The Morgan fingerprint density at radius 1 is 1.44 bits per heavy atom. The molecule has 0 bridgehead atoms. The molecule has 0 aliphatic heterocycles. The topological polar surface area (TPSA) is 69.6 Å². The number of aliphatic hydroxyl groups is 1. The summed E-state index contributed by atoms with van der Waals surface area (Å²) in [5, 5.41) is 9.51. The van der Waals surface area contributed by atoms with Crippen LogP contribution >= 0.6 is 11.6 Å². The summed E-state index contributed by atoms with van der Waals surface area (Å²) in [5.41, 5.74) is 0.438. The maximum absolute atomic E-state index is 11.7. The van der Waals surface area contributed by atoms with Gasteiger partial charge in [0.1, 0.15) is 17.3 Å². The fraction of sp³-hybridized carbons (Fsp3) is 0.545. The predicted octanol–water partition coefficient (Wildman–Crippen LogP) is 0.537. The van der Waals surface area contributed by atoms with E-state index in [9.17, 15) is 9.90 Å². The highest BCUT2D eigenvalue weighted by atomic mass is 35.5. The molecule has 1 rings (SSSR count). The first-order valence-corrected chi connectivity index (χ1v) is 5.94. The van der Waals surface area contributed by atoms with Crippen LogP contribution in [0, 0.1) is 0 Å². The highest BCUT2D eigenvalue weighted by molar-refractivity contribution is 6.30. The summed E-state index contributed by atoms with van der Waals surface area (Å²) in [7, 11) is 3.38. The van der Waals surface area contributed by atoms with E-state index < -0.39 is 0 Å². The number of aliphatic hydroxyl groups excluding tert-OH is 1. The van der Waals surface area contributed by atoms with Crippen molar-refractivity contribution < 1.29 is 9.90 Å². The van der Waals surface area contributed by atoms with E-state index >= 15 is 0 Å². The lowest BCUT2D eigenvalue weighted by Crippen LogP contribution is -2.37. The maximum atomic E-state index is 11.7. The lowest BCUT2D eigenvalue weighted by molar-refractivity contribution is -0.127. The summed E-state index contributed by atoms with van der Waals surface area (Å²) in [5.74, 6) is 0.450. The summed E-state index contributed by atoms with van der Waals surface area (Å²) in [6.07, 6.45) is 1.32. The molecule has 100 valence electrons. The minimum absolute atomic E-state index is 0.0459. The van der Waals surface area contributed by atoms with Crippen molar-refractivity contribution >= 4 is 23.3 Å². The van der Waals surface area contributed by atoms with Crippen molar-refractivity contribution in [2.75, 3.05) is 32.1 Å². The van der Waals surface area contributed by atoms with Gasteiger partial charge in [-0.3, -0.25) is 4.79 Å². The second-order valence-corrected chi connectivity index (χ2v) is 4.29. The van der Waals surface area contributed by atoms with Gasteiger partial charge in [0, 0.05) is 20.6 Å². The molecule has 0 spiro atoms. The van der Waals surface area contributed by atoms with Crippen LogP contribution in [0.3, 0.4) is 0 Å². The van der Waals surface area contributed by atoms with Crippen LogP contribution in [0.1, 0.15) is 12.5 Å². The molecular weight excluding hydrogens is 256 g/mol. The highest BCUT2D eigenvalue weighted by Crippen LogP contribution is 2.23. The zero-order chi connectivity index (χ0) is 13.7. The number of halogens is 1. The predicted molar refractivity (Wildman–Crippen MR) is 69.5 cm³/mol. The average molecular weight is 273 g/mol. The van der Waals surface area contributed by atoms with Gasteiger partial charge in [-0.25, -0.2) is 9.97 Å². The van der Waals surface area contributed by atoms with Crippen molar-refractivity contribution in [3.63, 3.8) is 0 Å². The molecule has 0 aliphatic rings. The molecule has 1 amide bonds. The van der Waals surface area contributed by atoms with Gasteiger partial charge in [-0.15, -0.1) is 0 Å². The van der Waals surface area contributed by atoms with Crippen molar-refractivity contribution in [1.82, 2.24) is 14.9 Å². The number of hydrogen-bond acceptors (Lipinski definition) is 5. The van der Waals surface area contributed by atoms with Crippen LogP contribution < -0.4 is 4.90 Å². The number of carbonyl (C=O) groups excluding carboxylic acids is 1. The quantitative estimate of drug-likeness (QED) is 0.792. The molecule has 1 heterocycles. The molecule has 0 unspecified atom stereocenters. The Labute approximate surface area is 111 Å². The zero-order valence-corrected chi connectivity index (χ0v) is 11.5. The largest absolute Gasteiger partial charge is 0.391 e. The van der Waals surface area contributed by atoms with Crippen LogP contribution in [0.15, 0.2) is 6.33 Å². The average Bonchev–Trinajstić information content (AvgIpc) is 2.35. The molecule has 0 atom stereocenters. The van der Waals surface area contributed by atoms with Crippen molar-refractivity contribution in [3.8, 4) is 0 Å². The Balaban J connectivity index is 3.02. The molecule has 0 saturated heterocycles. The third-order valence-electron chi connectivity index (χ3n) is 2.53. The second kappa shape index (κ2) is 6.51. The summed E-state index contributed by atoms with van der Waals surface area (Å²) in [4.78, 5) is 22.9. The first-order chi connectivity index (χ1) is 8.51. The van der Waals surface area contributed by atoms with E-state index in [0.717, 1.165) is 0 Å². The molecule has 0 radical (unpaired) electrons. The molecule has 0 saturated carbocycles. The third kappa shape index (κ3) is 3.30. The number of carbonyl (C=O) groups is 1. The number of nitrogens with zero attached hydrogens (tertiary/aromatic N) is 4. The van der Waals surface area contributed by atoms with Gasteiger partial charge in [-0.2, -0.15) is 0 Å². The van der Waals surface area contributed by atoms with E-state index in [1.165, 1.54) is 11.2 Å². The first kappa shape index (κ1) is 14.7. The molecule has 0 fully saturated rings. The first-order valence-electron chi connectivity index (χ1n) is 5.56. The van der Waals surface area contributed by atoms with Crippen LogP contribution in [0.25, 0.3) is 0 Å². The smallest absolute Gasteiger partial charge is 0.241 e. The number of rotatable bonds is 5. The summed E-state index contributed by atoms with van der Waals surface area (Å²) < 4.78 is 0. The van der Waals surface area contributed by atoms with E-state index in [1.54, 1.807) is 19.0 Å². The molecule has 0 aromatic carbocycles. The Morgan fingerprint density at radius 3 is 2.61 bits per heavy atom. The monoisotopic (exact) mass is 272 g/mol. The second-order valence-electron chi connectivity index (χ2n) is 3.93. The fourth-order valence-electron chi connectivity index (χ4n) is 1.43. The van der Waals surface area contributed by atoms with Crippen LogP contribution in [-0.4, -0.2) is 53.1 Å². The van der Waals surface area contributed by atoms with Gasteiger partial charge in [0.05, 0.1) is 18.7 Å². The van der Waals surface area contributed by atoms with Gasteiger partial charge in [-0.05, 0) is 6.92 Å². The van der Waals surface area contributed by atoms with Gasteiger partial charge < -0.3 is 14.9 Å². The standard InChI is InChI=1S/C11H17ClN4O2/c1-4-16(5-9(18)15(2)3)11-8(6-17)10(12)13-7-14-11/h7,17H,4-6H2,1-3H3. The Kier molecular flexibility index (Phi) is 5.30. The van der Waals surface area contributed by atoms with Crippen LogP contribution in [-0.2, 0) is 11.4 Å². The van der Waals surface area contributed by atoms with Gasteiger partial charge in [-0.1, -0.05) is 11.6 Å². The highest BCUT2D eigenvalue weighted by Gasteiger charge is 2.18. The van der Waals surface area contributed by atoms with E-state index in [2.05, 4.69) is 9.97 Å². The summed E-state index contributed by atoms with van der Waals surface area (Å²) in [6, 6.07) is 0. The summed E-state index contributed by atoms with van der Waals surface area (Å²) in [6.45, 7) is 2.41.